The Hall–Kier alpha value is -0.470. The van der Waals surface area contributed by atoms with Gasteiger partial charge in [-0.2, -0.15) is 0 Å². The van der Waals surface area contributed by atoms with E-state index < -0.39 is 0 Å². The van der Waals surface area contributed by atoms with Gasteiger partial charge in [-0.25, -0.2) is 15.0 Å². The summed E-state index contributed by atoms with van der Waals surface area (Å²) in [5.41, 5.74) is 1.38. The monoisotopic (exact) mass is 364 g/mol. The van der Waals surface area contributed by atoms with E-state index >= 15 is 0 Å². The Kier molecular flexibility index (Phi) is 2.95. The van der Waals surface area contributed by atoms with Crippen LogP contribution in [0.25, 0.3) is 11.2 Å². The van der Waals surface area contributed by atoms with Crippen molar-refractivity contribution in [2.24, 2.45) is 0 Å². The first kappa shape index (κ1) is 11.6. The first-order chi connectivity index (χ1) is 8.15. The van der Waals surface area contributed by atoms with Crippen LogP contribution in [0.3, 0.4) is 0 Å². The van der Waals surface area contributed by atoms with Crippen molar-refractivity contribution in [3.8, 4) is 0 Å². The lowest BCUT2D eigenvalue weighted by atomic mass is 10.2. The van der Waals surface area contributed by atoms with Crippen molar-refractivity contribution >= 4 is 45.4 Å². The summed E-state index contributed by atoms with van der Waals surface area (Å²) in [6, 6.07) is 0. The van der Waals surface area contributed by atoms with E-state index in [-0.39, 0.29) is 12.3 Å². The molecular weight excluding hydrogens is 354 g/mol. The van der Waals surface area contributed by atoms with Gasteiger partial charge in [0.1, 0.15) is 11.7 Å². The van der Waals surface area contributed by atoms with Crippen molar-refractivity contribution in [3.63, 3.8) is 0 Å². The fourth-order valence-electron chi connectivity index (χ4n) is 2.05. The molecule has 0 saturated carbocycles. The van der Waals surface area contributed by atoms with E-state index in [0.29, 0.717) is 14.5 Å². The maximum atomic E-state index is 6.04. The van der Waals surface area contributed by atoms with Gasteiger partial charge in [0.25, 0.3) is 0 Å². The average molecular weight is 365 g/mol. The smallest absolute Gasteiger partial charge is 0.194 e. The molecular formula is C10H10ClIN4O. The first-order valence-corrected chi connectivity index (χ1v) is 6.82. The van der Waals surface area contributed by atoms with Crippen LogP contribution in [0.2, 0.25) is 5.15 Å². The van der Waals surface area contributed by atoms with Gasteiger partial charge < -0.3 is 4.74 Å². The molecule has 0 unspecified atom stereocenters. The van der Waals surface area contributed by atoms with Crippen molar-refractivity contribution in [2.45, 2.75) is 32.1 Å². The van der Waals surface area contributed by atoms with Crippen molar-refractivity contribution in [2.75, 3.05) is 0 Å². The molecule has 2 atom stereocenters. The molecule has 1 aliphatic rings. The summed E-state index contributed by atoms with van der Waals surface area (Å²) >= 11 is 8.08. The normalized spacial score (nSPS) is 24.6. The molecule has 5 nitrogen and oxygen atoms in total. The average Bonchev–Trinajstić information content (AvgIpc) is 2.83. The minimum atomic E-state index is 0.0109. The summed E-state index contributed by atoms with van der Waals surface area (Å²) in [7, 11) is 0. The standard InChI is InChI=1S/C10H10ClIN4O/c1-5-2-3-6(17-5)16-4-13-7-8(11)14-10(12)15-9(7)16/h4-6H,2-3H2,1H3/t5-,6-/m1/s1. The van der Waals surface area contributed by atoms with E-state index in [2.05, 4.69) is 21.9 Å². The van der Waals surface area contributed by atoms with Crippen molar-refractivity contribution in [1.82, 2.24) is 19.5 Å². The molecule has 1 aliphatic heterocycles. The lowest BCUT2D eigenvalue weighted by Gasteiger charge is -2.12. The number of imidazole rings is 1. The Morgan fingerprint density at radius 2 is 2.29 bits per heavy atom. The molecule has 0 aromatic carbocycles. The van der Waals surface area contributed by atoms with Crippen molar-refractivity contribution < 1.29 is 4.74 Å². The number of ether oxygens (including phenoxy) is 1. The molecule has 7 heteroatoms. The third-order valence-electron chi connectivity index (χ3n) is 2.87. The molecule has 0 amide bonds. The molecule has 0 spiro atoms. The second-order valence-corrected chi connectivity index (χ2v) is 5.41. The van der Waals surface area contributed by atoms with Gasteiger partial charge in [-0.3, -0.25) is 4.57 Å². The van der Waals surface area contributed by atoms with E-state index in [1.165, 1.54) is 0 Å². The van der Waals surface area contributed by atoms with E-state index in [1.54, 1.807) is 6.33 Å². The Morgan fingerprint density at radius 3 is 3.00 bits per heavy atom. The minimum absolute atomic E-state index is 0.0109. The second-order valence-electron chi connectivity index (χ2n) is 4.09. The Morgan fingerprint density at radius 1 is 1.47 bits per heavy atom. The molecule has 0 radical (unpaired) electrons. The van der Waals surface area contributed by atoms with Crippen LogP contribution in [0.15, 0.2) is 6.33 Å². The molecule has 17 heavy (non-hydrogen) atoms. The van der Waals surface area contributed by atoms with Gasteiger partial charge in [0.2, 0.25) is 0 Å². The molecule has 3 heterocycles. The quantitative estimate of drug-likeness (QED) is 0.444. The van der Waals surface area contributed by atoms with Gasteiger partial charge in [0.05, 0.1) is 12.4 Å². The van der Waals surface area contributed by atoms with Crippen LogP contribution in [0.1, 0.15) is 26.0 Å². The minimum Gasteiger partial charge on any atom is -0.355 e. The fraction of sp³-hybridized carbons (Fsp3) is 0.500. The number of rotatable bonds is 1. The third kappa shape index (κ3) is 2.02. The molecule has 1 fully saturated rings. The van der Waals surface area contributed by atoms with E-state index in [1.807, 2.05) is 27.2 Å². The van der Waals surface area contributed by atoms with Crippen LogP contribution in [-0.4, -0.2) is 25.6 Å². The van der Waals surface area contributed by atoms with Gasteiger partial charge in [-0.05, 0) is 19.8 Å². The van der Waals surface area contributed by atoms with E-state index in [4.69, 9.17) is 16.3 Å². The number of halogens is 2. The number of hydrogen-bond donors (Lipinski definition) is 0. The Bertz CT molecular complexity index is 573. The highest BCUT2D eigenvalue weighted by Gasteiger charge is 2.25. The Balaban J connectivity index is 2.11. The Labute approximate surface area is 117 Å². The van der Waals surface area contributed by atoms with Crippen LogP contribution in [-0.2, 0) is 4.74 Å². The van der Waals surface area contributed by atoms with Crippen LogP contribution in [0, 0.1) is 3.83 Å². The molecule has 0 aliphatic carbocycles. The number of nitrogens with zero attached hydrogens (tertiary/aromatic N) is 4. The van der Waals surface area contributed by atoms with Crippen LogP contribution in [0.4, 0.5) is 0 Å². The zero-order valence-electron chi connectivity index (χ0n) is 9.10. The molecule has 1 saturated heterocycles. The van der Waals surface area contributed by atoms with Gasteiger partial charge >= 0.3 is 0 Å². The molecule has 0 bridgehead atoms. The largest absolute Gasteiger partial charge is 0.355 e. The summed E-state index contributed by atoms with van der Waals surface area (Å²) in [5, 5.41) is 0.393. The van der Waals surface area contributed by atoms with Crippen LogP contribution >= 0.6 is 34.2 Å². The summed E-state index contributed by atoms with van der Waals surface area (Å²) in [5.74, 6) is 0. The zero-order valence-corrected chi connectivity index (χ0v) is 12.0. The van der Waals surface area contributed by atoms with Gasteiger partial charge in [-0.1, -0.05) is 11.6 Å². The molecule has 2 aromatic rings. The number of hydrogen-bond acceptors (Lipinski definition) is 4. The SMILES string of the molecule is C[C@@H]1CC[C@H](n2cnc3c(Cl)nc(I)nc32)O1. The molecule has 2 aromatic heterocycles. The van der Waals surface area contributed by atoms with Gasteiger partial charge in [0, 0.05) is 22.6 Å². The highest BCUT2D eigenvalue weighted by Crippen LogP contribution is 2.31. The summed E-state index contributed by atoms with van der Waals surface area (Å²) in [6.45, 7) is 2.07. The summed E-state index contributed by atoms with van der Waals surface area (Å²) in [4.78, 5) is 12.7. The zero-order chi connectivity index (χ0) is 12.0. The highest BCUT2D eigenvalue weighted by atomic mass is 127. The summed E-state index contributed by atoms with van der Waals surface area (Å²) < 4.78 is 8.37. The predicted octanol–water partition coefficient (Wildman–Crippen LogP) is 2.78. The van der Waals surface area contributed by atoms with Gasteiger partial charge in [0.15, 0.2) is 14.6 Å². The van der Waals surface area contributed by atoms with Crippen molar-refractivity contribution in [1.29, 1.82) is 0 Å². The van der Waals surface area contributed by atoms with Crippen LogP contribution in [0.5, 0.6) is 0 Å². The summed E-state index contributed by atoms with van der Waals surface area (Å²) in [6.07, 6.45) is 4.06. The van der Waals surface area contributed by atoms with E-state index in [9.17, 15) is 0 Å². The second kappa shape index (κ2) is 4.33. The molecule has 3 rings (SSSR count). The maximum absolute atomic E-state index is 6.04. The molecule has 0 N–H and O–H groups in total. The molecule has 90 valence electrons. The van der Waals surface area contributed by atoms with E-state index in [0.717, 1.165) is 18.5 Å². The van der Waals surface area contributed by atoms with Crippen molar-refractivity contribution in [3.05, 3.63) is 15.3 Å². The first-order valence-electron chi connectivity index (χ1n) is 5.36. The maximum Gasteiger partial charge on any atom is 0.194 e. The predicted molar refractivity (Wildman–Crippen MR) is 71.9 cm³/mol. The third-order valence-corrected chi connectivity index (χ3v) is 3.62. The van der Waals surface area contributed by atoms with Crippen LogP contribution < -0.4 is 0 Å². The lowest BCUT2D eigenvalue weighted by Crippen LogP contribution is -2.09. The topological polar surface area (TPSA) is 52.8 Å². The van der Waals surface area contributed by atoms with Gasteiger partial charge in [-0.15, -0.1) is 0 Å². The fourth-order valence-corrected chi connectivity index (χ4v) is 2.88. The number of aromatic nitrogens is 4. The number of fused-ring (bicyclic) bond motifs is 1. The highest BCUT2D eigenvalue weighted by molar-refractivity contribution is 14.1. The lowest BCUT2D eigenvalue weighted by molar-refractivity contribution is 0.0131.